The van der Waals surface area contributed by atoms with E-state index < -0.39 is 30.3 Å². The monoisotopic (exact) mass is 432 g/mol. The van der Waals surface area contributed by atoms with Crippen molar-refractivity contribution in [2.24, 2.45) is 5.73 Å². The summed E-state index contributed by atoms with van der Waals surface area (Å²) < 4.78 is 0. The van der Waals surface area contributed by atoms with Gasteiger partial charge in [0.1, 0.15) is 6.04 Å². The molecule has 0 radical (unpaired) electrons. The molecule has 0 aliphatic heterocycles. The molecule has 11 heteroatoms. The number of aliphatic hydroxyl groups is 2. The Labute approximate surface area is 176 Å². The van der Waals surface area contributed by atoms with Gasteiger partial charge in [0.05, 0.1) is 6.04 Å². The van der Waals surface area contributed by atoms with Gasteiger partial charge in [0, 0.05) is 32.4 Å². The standard InChI is InChI=1S/C19H36N4O7/c1-2-3-4-11-21-15(24)6-5-12-22-16(25)10-8-14(19(29)30)23-17(26)9-7-13(20)18(27)28/h13-14,18,27-28H,2-12,20H2,1H3,(H,21,24)(H,22,25)(H,23,26)(H,29,30)/t13-,14-/m0/s1. The summed E-state index contributed by atoms with van der Waals surface area (Å²) in [6.07, 6.45) is 1.70. The third-order valence-electron chi connectivity index (χ3n) is 4.39. The first-order chi connectivity index (χ1) is 14.2. The van der Waals surface area contributed by atoms with Crippen LogP contribution in [0.2, 0.25) is 0 Å². The van der Waals surface area contributed by atoms with E-state index in [9.17, 15) is 24.3 Å². The van der Waals surface area contributed by atoms with Gasteiger partial charge in [-0.25, -0.2) is 4.79 Å². The van der Waals surface area contributed by atoms with Crippen LogP contribution in [0.3, 0.4) is 0 Å². The molecule has 0 spiro atoms. The van der Waals surface area contributed by atoms with Gasteiger partial charge in [0.25, 0.3) is 0 Å². The Kier molecular flexibility index (Phi) is 15.3. The average molecular weight is 433 g/mol. The highest BCUT2D eigenvalue weighted by Crippen LogP contribution is 2.02. The highest BCUT2D eigenvalue weighted by Gasteiger charge is 2.22. The third-order valence-corrected chi connectivity index (χ3v) is 4.39. The number of rotatable bonds is 17. The summed E-state index contributed by atoms with van der Waals surface area (Å²) in [7, 11) is 0. The molecule has 0 heterocycles. The van der Waals surface area contributed by atoms with Crippen molar-refractivity contribution in [3.63, 3.8) is 0 Å². The Balaban J connectivity index is 4.04. The van der Waals surface area contributed by atoms with Crippen LogP contribution in [0.4, 0.5) is 0 Å². The first kappa shape index (κ1) is 27.8. The van der Waals surface area contributed by atoms with Crippen LogP contribution in [0.5, 0.6) is 0 Å². The summed E-state index contributed by atoms with van der Waals surface area (Å²) in [5.41, 5.74) is 5.39. The molecule has 0 fully saturated rings. The van der Waals surface area contributed by atoms with E-state index in [1.54, 1.807) is 0 Å². The first-order valence-electron chi connectivity index (χ1n) is 10.3. The van der Waals surface area contributed by atoms with Gasteiger partial charge >= 0.3 is 5.97 Å². The van der Waals surface area contributed by atoms with Crippen LogP contribution in [-0.2, 0) is 19.2 Å². The van der Waals surface area contributed by atoms with Crippen LogP contribution < -0.4 is 21.7 Å². The van der Waals surface area contributed by atoms with Crippen molar-refractivity contribution in [1.82, 2.24) is 16.0 Å². The number of amides is 3. The molecule has 0 aromatic carbocycles. The second-order valence-corrected chi connectivity index (χ2v) is 7.12. The highest BCUT2D eigenvalue weighted by molar-refractivity contribution is 5.84. The molecule has 11 nitrogen and oxygen atoms in total. The lowest BCUT2D eigenvalue weighted by molar-refractivity contribution is -0.142. The number of aliphatic hydroxyl groups excluding tert-OH is 1. The minimum atomic E-state index is -1.76. The van der Waals surface area contributed by atoms with Gasteiger partial charge in [-0.3, -0.25) is 14.4 Å². The van der Waals surface area contributed by atoms with E-state index in [0.717, 1.165) is 19.3 Å². The molecule has 0 unspecified atom stereocenters. The fourth-order valence-corrected chi connectivity index (χ4v) is 2.50. The summed E-state index contributed by atoms with van der Waals surface area (Å²) in [6, 6.07) is -2.25. The molecule has 3 amide bonds. The molecule has 0 bridgehead atoms. The Hall–Kier alpha value is -2.24. The van der Waals surface area contributed by atoms with Gasteiger partial charge in [-0.1, -0.05) is 19.8 Å². The maximum atomic E-state index is 11.8. The second-order valence-electron chi connectivity index (χ2n) is 7.12. The molecule has 0 aliphatic carbocycles. The van der Waals surface area contributed by atoms with Gasteiger partial charge in [0.15, 0.2) is 6.29 Å². The van der Waals surface area contributed by atoms with Crippen LogP contribution in [0, 0.1) is 0 Å². The maximum Gasteiger partial charge on any atom is 0.326 e. The summed E-state index contributed by atoms with van der Waals surface area (Å²) in [5, 5.41) is 34.6. The number of nitrogens with one attached hydrogen (secondary N) is 3. The molecule has 0 saturated carbocycles. The molecular formula is C19H36N4O7. The highest BCUT2D eigenvalue weighted by atomic mass is 16.5. The minimum Gasteiger partial charge on any atom is -0.480 e. The fourth-order valence-electron chi connectivity index (χ4n) is 2.50. The number of hydrogen-bond acceptors (Lipinski definition) is 7. The Morgan fingerprint density at radius 2 is 1.40 bits per heavy atom. The Morgan fingerprint density at radius 3 is 1.97 bits per heavy atom. The number of aliphatic carboxylic acids is 1. The summed E-state index contributed by atoms with van der Waals surface area (Å²) in [4.78, 5) is 46.5. The van der Waals surface area contributed by atoms with Crippen molar-refractivity contribution in [2.75, 3.05) is 13.1 Å². The first-order valence-corrected chi connectivity index (χ1v) is 10.3. The zero-order valence-electron chi connectivity index (χ0n) is 17.6. The number of unbranched alkanes of at least 4 members (excludes halogenated alkanes) is 2. The summed E-state index contributed by atoms with van der Waals surface area (Å²) in [6.45, 7) is 3.03. The third kappa shape index (κ3) is 14.7. The van der Waals surface area contributed by atoms with Gasteiger partial charge < -0.3 is 37.0 Å². The average Bonchev–Trinajstić information content (AvgIpc) is 2.69. The summed E-state index contributed by atoms with van der Waals surface area (Å²) in [5.74, 6) is -2.32. The van der Waals surface area contributed by atoms with Crippen LogP contribution in [0.25, 0.3) is 0 Å². The lowest BCUT2D eigenvalue weighted by Crippen LogP contribution is -2.42. The van der Waals surface area contributed by atoms with Crippen molar-refractivity contribution in [2.45, 2.75) is 83.1 Å². The SMILES string of the molecule is CCCCCNC(=O)CCCNC(=O)CC[C@H](NC(=O)CC[C@H](N)C(O)O)C(=O)O. The van der Waals surface area contributed by atoms with Gasteiger partial charge in [-0.15, -0.1) is 0 Å². The van der Waals surface area contributed by atoms with Crippen LogP contribution in [0.15, 0.2) is 0 Å². The zero-order chi connectivity index (χ0) is 22.9. The van der Waals surface area contributed by atoms with E-state index in [2.05, 4.69) is 22.9 Å². The lowest BCUT2D eigenvalue weighted by atomic mass is 10.1. The predicted molar refractivity (Wildman–Crippen MR) is 109 cm³/mol. The van der Waals surface area contributed by atoms with Crippen molar-refractivity contribution in [3.05, 3.63) is 0 Å². The van der Waals surface area contributed by atoms with E-state index in [1.807, 2.05) is 0 Å². The van der Waals surface area contributed by atoms with Gasteiger partial charge in [-0.2, -0.15) is 0 Å². The minimum absolute atomic E-state index is 0.0253. The quantitative estimate of drug-likeness (QED) is 0.112. The molecule has 0 saturated heterocycles. The lowest BCUT2D eigenvalue weighted by Gasteiger charge is -2.16. The normalized spacial score (nSPS) is 12.8. The number of carbonyl (C=O) groups is 4. The van der Waals surface area contributed by atoms with Crippen molar-refractivity contribution in [1.29, 1.82) is 0 Å². The van der Waals surface area contributed by atoms with Gasteiger partial charge in [-0.05, 0) is 25.7 Å². The van der Waals surface area contributed by atoms with Crippen LogP contribution in [-0.4, -0.2) is 70.5 Å². The van der Waals surface area contributed by atoms with Gasteiger partial charge in [0.2, 0.25) is 17.7 Å². The number of carboxylic acid groups (broad SMARTS) is 1. The molecule has 174 valence electrons. The number of carboxylic acids is 1. The fraction of sp³-hybridized carbons (Fsp3) is 0.789. The molecule has 0 aliphatic rings. The molecule has 30 heavy (non-hydrogen) atoms. The molecular weight excluding hydrogens is 396 g/mol. The second kappa shape index (κ2) is 16.5. The van der Waals surface area contributed by atoms with E-state index in [-0.39, 0.29) is 37.5 Å². The van der Waals surface area contributed by atoms with Crippen molar-refractivity contribution in [3.8, 4) is 0 Å². The topological polar surface area (TPSA) is 191 Å². The summed E-state index contributed by atoms with van der Waals surface area (Å²) >= 11 is 0. The number of hydrogen-bond donors (Lipinski definition) is 7. The number of nitrogens with two attached hydrogens (primary N) is 1. The predicted octanol–water partition coefficient (Wildman–Crippen LogP) is -1.04. The Bertz CT molecular complexity index is 543. The molecule has 8 N–H and O–H groups in total. The van der Waals surface area contributed by atoms with Crippen molar-refractivity contribution >= 4 is 23.7 Å². The van der Waals surface area contributed by atoms with E-state index >= 15 is 0 Å². The van der Waals surface area contributed by atoms with E-state index in [4.69, 9.17) is 15.9 Å². The Morgan fingerprint density at radius 1 is 0.833 bits per heavy atom. The van der Waals surface area contributed by atoms with E-state index in [1.165, 1.54) is 0 Å². The smallest absolute Gasteiger partial charge is 0.326 e. The van der Waals surface area contributed by atoms with Crippen LogP contribution in [0.1, 0.15) is 64.7 Å². The zero-order valence-corrected chi connectivity index (χ0v) is 17.6. The van der Waals surface area contributed by atoms with E-state index in [0.29, 0.717) is 25.9 Å². The maximum absolute atomic E-state index is 11.8. The number of carbonyl (C=O) groups excluding carboxylic acids is 3. The molecule has 0 aromatic rings. The van der Waals surface area contributed by atoms with Crippen molar-refractivity contribution < 1.29 is 34.5 Å². The largest absolute Gasteiger partial charge is 0.480 e. The molecule has 2 atom stereocenters. The molecule has 0 rings (SSSR count). The van der Waals surface area contributed by atoms with Crippen LogP contribution >= 0.6 is 0 Å². The molecule has 0 aromatic heterocycles.